The van der Waals surface area contributed by atoms with Gasteiger partial charge in [-0.25, -0.2) is 9.97 Å². The first-order chi connectivity index (χ1) is 6.98. The van der Waals surface area contributed by atoms with Gasteiger partial charge in [-0.2, -0.15) is 13.2 Å². The second-order valence-corrected chi connectivity index (χ2v) is 3.49. The summed E-state index contributed by atoms with van der Waals surface area (Å²) in [6.45, 7) is 0. The summed E-state index contributed by atoms with van der Waals surface area (Å²) in [5.74, 6) is -1.11. The second kappa shape index (κ2) is 3.16. The highest BCUT2D eigenvalue weighted by Crippen LogP contribution is 2.48. The second-order valence-electron chi connectivity index (χ2n) is 3.49. The van der Waals surface area contributed by atoms with Crippen molar-refractivity contribution >= 4 is 0 Å². The van der Waals surface area contributed by atoms with Gasteiger partial charge in [-0.3, -0.25) is 0 Å². The molecule has 3 nitrogen and oxygen atoms in total. The Morgan fingerprint density at radius 1 is 1.27 bits per heavy atom. The van der Waals surface area contributed by atoms with Crippen LogP contribution in [-0.4, -0.2) is 17.1 Å². The van der Waals surface area contributed by atoms with E-state index in [1.807, 2.05) is 0 Å². The number of hydrogen-bond acceptors (Lipinski definition) is 3. The lowest BCUT2D eigenvalue weighted by Gasteiger charge is -2.13. The van der Waals surface area contributed by atoms with E-state index >= 15 is 0 Å². The summed E-state index contributed by atoms with van der Waals surface area (Å²) in [6, 6.07) is 0. The number of ether oxygens (including phenoxy) is 1. The summed E-state index contributed by atoms with van der Waals surface area (Å²) >= 11 is 0. The summed E-state index contributed by atoms with van der Waals surface area (Å²) in [6.07, 6.45) is -0.503. The molecule has 0 atom stereocenters. The van der Waals surface area contributed by atoms with Crippen LogP contribution in [0.25, 0.3) is 0 Å². The average molecular weight is 218 g/mol. The quantitative estimate of drug-likeness (QED) is 0.762. The van der Waals surface area contributed by atoms with Gasteiger partial charge in [0, 0.05) is 25.1 Å². The zero-order valence-corrected chi connectivity index (χ0v) is 8.01. The summed E-state index contributed by atoms with van der Waals surface area (Å²) < 4.78 is 41.7. The van der Waals surface area contributed by atoms with Crippen LogP contribution in [0, 0.1) is 0 Å². The Bertz CT molecular complexity index is 357. The van der Waals surface area contributed by atoms with E-state index in [2.05, 4.69) is 9.97 Å². The molecule has 0 unspecified atom stereocenters. The maximum absolute atomic E-state index is 12.2. The summed E-state index contributed by atoms with van der Waals surface area (Å²) in [5.41, 5.74) is 0.169. The van der Waals surface area contributed by atoms with Gasteiger partial charge in [-0.1, -0.05) is 0 Å². The third kappa shape index (κ3) is 1.81. The fourth-order valence-electron chi connectivity index (χ4n) is 1.43. The summed E-state index contributed by atoms with van der Waals surface area (Å²) in [7, 11) is 1.53. The molecule has 1 aliphatic rings. The molecule has 1 aliphatic carbocycles. The largest absolute Gasteiger partial charge is 0.451 e. The molecule has 6 heteroatoms. The highest BCUT2D eigenvalue weighted by molar-refractivity contribution is 5.22. The lowest BCUT2D eigenvalue weighted by Crippen LogP contribution is -2.14. The van der Waals surface area contributed by atoms with E-state index in [-0.39, 0.29) is 0 Å². The summed E-state index contributed by atoms with van der Waals surface area (Å²) in [5, 5.41) is 0. The molecular weight excluding hydrogens is 209 g/mol. The van der Waals surface area contributed by atoms with E-state index < -0.39 is 17.6 Å². The molecule has 1 heterocycles. The lowest BCUT2D eigenvalue weighted by molar-refractivity contribution is -0.145. The van der Waals surface area contributed by atoms with Gasteiger partial charge < -0.3 is 4.74 Å². The molecule has 0 amide bonds. The van der Waals surface area contributed by atoms with Crippen LogP contribution in [0.5, 0.6) is 0 Å². The summed E-state index contributed by atoms with van der Waals surface area (Å²) in [4.78, 5) is 6.58. The van der Waals surface area contributed by atoms with Gasteiger partial charge in [0.2, 0.25) is 5.82 Å². The van der Waals surface area contributed by atoms with Crippen LogP contribution >= 0.6 is 0 Å². The van der Waals surface area contributed by atoms with E-state index in [0.29, 0.717) is 5.56 Å². The Labute approximate surface area is 84.3 Å². The Hall–Kier alpha value is -1.17. The first kappa shape index (κ1) is 10.4. The first-order valence-electron chi connectivity index (χ1n) is 4.43. The van der Waals surface area contributed by atoms with Crippen LogP contribution in [0.2, 0.25) is 0 Å². The van der Waals surface area contributed by atoms with E-state index in [9.17, 15) is 13.2 Å². The molecule has 0 N–H and O–H groups in total. The van der Waals surface area contributed by atoms with Gasteiger partial charge >= 0.3 is 6.18 Å². The van der Waals surface area contributed by atoms with Crippen molar-refractivity contribution in [3.63, 3.8) is 0 Å². The minimum Gasteiger partial charge on any atom is -0.373 e. The predicted octanol–water partition coefficient (Wildman–Crippen LogP) is 2.13. The van der Waals surface area contributed by atoms with Crippen molar-refractivity contribution in [2.24, 2.45) is 0 Å². The number of methoxy groups -OCH3 is 1. The zero-order valence-electron chi connectivity index (χ0n) is 8.01. The lowest BCUT2D eigenvalue weighted by atomic mass is 10.2. The Morgan fingerprint density at radius 3 is 2.13 bits per heavy atom. The van der Waals surface area contributed by atoms with E-state index in [1.165, 1.54) is 19.5 Å². The number of halogens is 3. The molecule has 0 radical (unpaired) electrons. The van der Waals surface area contributed by atoms with Gasteiger partial charge in [-0.15, -0.1) is 0 Å². The molecule has 1 fully saturated rings. The van der Waals surface area contributed by atoms with E-state index in [0.717, 1.165) is 12.8 Å². The molecule has 15 heavy (non-hydrogen) atoms. The Balaban J connectivity index is 2.25. The van der Waals surface area contributed by atoms with E-state index in [4.69, 9.17) is 4.74 Å². The molecule has 0 aliphatic heterocycles. The highest BCUT2D eigenvalue weighted by atomic mass is 19.4. The van der Waals surface area contributed by atoms with Gasteiger partial charge in [0.1, 0.15) is 0 Å². The molecule has 1 aromatic heterocycles. The van der Waals surface area contributed by atoms with Crippen molar-refractivity contribution in [2.45, 2.75) is 24.6 Å². The van der Waals surface area contributed by atoms with Crippen LogP contribution in [0.1, 0.15) is 24.2 Å². The van der Waals surface area contributed by atoms with Crippen molar-refractivity contribution < 1.29 is 17.9 Å². The molecule has 0 spiro atoms. The van der Waals surface area contributed by atoms with E-state index in [1.54, 1.807) is 0 Å². The minimum atomic E-state index is -4.48. The SMILES string of the molecule is COC1(c2cnc(C(F)(F)F)nc2)CC1. The van der Waals surface area contributed by atoms with Crippen LogP contribution in [0.4, 0.5) is 13.2 Å². The van der Waals surface area contributed by atoms with Gasteiger partial charge in [-0.05, 0) is 12.8 Å². The van der Waals surface area contributed by atoms with Crippen molar-refractivity contribution in [3.05, 3.63) is 23.8 Å². The number of nitrogens with zero attached hydrogens (tertiary/aromatic N) is 2. The monoisotopic (exact) mass is 218 g/mol. The smallest absolute Gasteiger partial charge is 0.373 e. The van der Waals surface area contributed by atoms with Crippen LogP contribution in [-0.2, 0) is 16.5 Å². The molecule has 0 bridgehead atoms. The van der Waals surface area contributed by atoms with Crippen LogP contribution in [0.3, 0.4) is 0 Å². The molecule has 0 aromatic carbocycles. The van der Waals surface area contributed by atoms with Gasteiger partial charge in [0.25, 0.3) is 0 Å². The molecule has 1 saturated carbocycles. The normalized spacial score (nSPS) is 18.9. The standard InChI is InChI=1S/C9H9F3N2O/c1-15-8(2-3-8)6-4-13-7(14-5-6)9(10,11)12/h4-5H,2-3H2,1H3. The molecular formula is C9H9F3N2O. The van der Waals surface area contributed by atoms with Crippen molar-refractivity contribution in [3.8, 4) is 0 Å². The maximum Gasteiger partial charge on any atom is 0.451 e. The minimum absolute atomic E-state index is 0.440. The highest BCUT2D eigenvalue weighted by Gasteiger charge is 2.46. The number of rotatable bonds is 2. The average Bonchev–Trinajstić information content (AvgIpc) is 2.97. The van der Waals surface area contributed by atoms with Crippen LogP contribution < -0.4 is 0 Å². The van der Waals surface area contributed by atoms with Crippen LogP contribution in [0.15, 0.2) is 12.4 Å². The number of hydrogen-bond donors (Lipinski definition) is 0. The topological polar surface area (TPSA) is 35.0 Å². The first-order valence-corrected chi connectivity index (χ1v) is 4.43. The fraction of sp³-hybridized carbons (Fsp3) is 0.556. The number of aromatic nitrogens is 2. The van der Waals surface area contributed by atoms with Gasteiger partial charge in [0.05, 0.1) is 5.60 Å². The number of alkyl halides is 3. The molecule has 0 saturated heterocycles. The Kier molecular flexibility index (Phi) is 2.18. The predicted molar refractivity (Wildman–Crippen MR) is 45.0 cm³/mol. The van der Waals surface area contributed by atoms with Crippen molar-refractivity contribution in [1.29, 1.82) is 0 Å². The fourth-order valence-corrected chi connectivity index (χ4v) is 1.43. The third-order valence-corrected chi connectivity index (χ3v) is 2.53. The Morgan fingerprint density at radius 2 is 1.80 bits per heavy atom. The van der Waals surface area contributed by atoms with Crippen molar-refractivity contribution in [1.82, 2.24) is 9.97 Å². The molecule has 1 aromatic rings. The molecule has 82 valence electrons. The zero-order chi connectivity index (χ0) is 11.1. The van der Waals surface area contributed by atoms with Gasteiger partial charge in [0.15, 0.2) is 0 Å². The molecule has 2 rings (SSSR count). The maximum atomic E-state index is 12.2. The van der Waals surface area contributed by atoms with Crippen molar-refractivity contribution in [2.75, 3.05) is 7.11 Å². The third-order valence-electron chi connectivity index (χ3n) is 2.53.